The Morgan fingerprint density at radius 1 is 0.938 bits per heavy atom. The zero-order chi connectivity index (χ0) is 46.3. The molecule has 0 bridgehead atoms. The number of nitro groups is 2. The van der Waals surface area contributed by atoms with Crippen LogP contribution in [0.5, 0.6) is 17.2 Å². The fourth-order valence-corrected chi connectivity index (χ4v) is 9.37. The van der Waals surface area contributed by atoms with Crippen LogP contribution in [-0.4, -0.2) is 106 Å². The molecule has 1 aliphatic heterocycles. The molecule has 17 nitrogen and oxygen atoms in total. The predicted octanol–water partition coefficient (Wildman–Crippen LogP) is 7.50. The molecule has 3 aliphatic rings. The first-order chi connectivity index (χ1) is 31.6. The molecule has 3 aromatic rings. The Hall–Kier alpha value is -5.98. The summed E-state index contributed by atoms with van der Waals surface area (Å²) < 4.78 is 26.3. The van der Waals surface area contributed by atoms with Gasteiger partial charge >= 0.3 is 0 Å². The summed E-state index contributed by atoms with van der Waals surface area (Å²) >= 11 is 0. The molecule has 2 aliphatic carbocycles. The Labute approximate surface area is 377 Å². The van der Waals surface area contributed by atoms with Crippen LogP contribution in [-0.2, 0) is 19.1 Å². The molecule has 1 fully saturated rings. The number of oxime groups is 1. The van der Waals surface area contributed by atoms with Crippen molar-refractivity contribution in [3.8, 4) is 17.2 Å². The van der Waals surface area contributed by atoms with E-state index in [9.17, 15) is 40.3 Å². The van der Waals surface area contributed by atoms with Crippen molar-refractivity contribution >= 4 is 29.1 Å². The van der Waals surface area contributed by atoms with Gasteiger partial charge in [0, 0.05) is 61.9 Å². The van der Waals surface area contributed by atoms with Crippen LogP contribution in [0.4, 0.5) is 11.4 Å². The van der Waals surface area contributed by atoms with Gasteiger partial charge in [-0.25, -0.2) is 0 Å². The number of ether oxygens (including phenoxy) is 4. The fraction of sp³-hybridized carbons (Fsp3) is 0.458. The second-order valence-electron chi connectivity index (χ2n) is 16.1. The van der Waals surface area contributed by atoms with Gasteiger partial charge in [-0.15, -0.1) is 6.58 Å². The Kier molecular flexibility index (Phi) is 17.4. The van der Waals surface area contributed by atoms with E-state index in [2.05, 4.69) is 12.7 Å². The standard InChI is InChI=1S/C48H58N4O13/c1-3-26-62-48-44(50(22-27-61-28-25-55)45(56)21-16-33-14-17-35(18-15-33)51(57)58)32-42(49-63-4-2)40-29-34(10-5-7-23-53)39(13-6-8-24-54)46(47(40)48)41-31-38(19-20-43(41)65-48)64-37-12-9-11-36(30-37)52(59)60/h3,9,11-12,14-21,29-31,34,39,44,46-47,53-55H,1,4-8,10,13,22-28,32H2,2H3/t34-,39+,44-,46+,47+,48+/m0/s1. The molecular weight excluding hydrogens is 841 g/mol. The molecule has 1 saturated carbocycles. The molecule has 6 rings (SSSR count). The molecule has 0 saturated heterocycles. The van der Waals surface area contributed by atoms with E-state index in [-0.39, 0.29) is 94.1 Å². The number of allylic oxidation sites excluding steroid dienone is 1. The number of hydrogen-bond acceptors (Lipinski definition) is 14. The minimum atomic E-state index is -1.58. The van der Waals surface area contributed by atoms with Crippen LogP contribution in [0.2, 0.25) is 0 Å². The second kappa shape index (κ2) is 23.3. The molecule has 0 unspecified atom stereocenters. The number of amides is 1. The summed E-state index contributed by atoms with van der Waals surface area (Å²) in [7, 11) is 0. The molecule has 3 N–H and O–H groups in total. The first kappa shape index (κ1) is 48.5. The quantitative estimate of drug-likeness (QED) is 0.0247. The minimum Gasteiger partial charge on any atom is -0.459 e. The zero-order valence-electron chi connectivity index (χ0n) is 36.6. The van der Waals surface area contributed by atoms with Gasteiger partial charge in [-0.2, -0.15) is 0 Å². The van der Waals surface area contributed by atoms with Gasteiger partial charge in [0.15, 0.2) is 0 Å². The van der Waals surface area contributed by atoms with Gasteiger partial charge in [0.1, 0.15) is 29.9 Å². The van der Waals surface area contributed by atoms with E-state index in [1.54, 1.807) is 53.5 Å². The molecule has 0 spiro atoms. The summed E-state index contributed by atoms with van der Waals surface area (Å²) in [5.41, 5.74) is 2.56. The Bertz CT molecular complexity index is 2210. The predicted molar refractivity (Wildman–Crippen MR) is 242 cm³/mol. The summed E-state index contributed by atoms with van der Waals surface area (Å²) in [6.45, 7) is 6.06. The molecule has 65 heavy (non-hydrogen) atoms. The van der Waals surface area contributed by atoms with E-state index in [1.165, 1.54) is 30.3 Å². The molecule has 1 amide bonds. The van der Waals surface area contributed by atoms with Crippen LogP contribution in [0.1, 0.15) is 68.9 Å². The van der Waals surface area contributed by atoms with Crippen molar-refractivity contribution in [2.24, 2.45) is 22.9 Å². The average molecular weight is 899 g/mol. The summed E-state index contributed by atoms with van der Waals surface area (Å²) in [5.74, 6) is -1.96. The van der Waals surface area contributed by atoms with Crippen molar-refractivity contribution in [2.45, 2.75) is 69.6 Å². The topological polar surface area (TPSA) is 226 Å². The number of rotatable bonds is 25. The third-order valence-electron chi connectivity index (χ3n) is 12.1. The summed E-state index contributed by atoms with van der Waals surface area (Å²) in [4.78, 5) is 44.2. The van der Waals surface area contributed by atoms with Crippen molar-refractivity contribution in [3.63, 3.8) is 0 Å². The maximum absolute atomic E-state index is 14.8. The highest BCUT2D eigenvalue weighted by molar-refractivity contribution is 6.03. The largest absolute Gasteiger partial charge is 0.459 e. The third kappa shape index (κ3) is 11.5. The second-order valence-corrected chi connectivity index (χ2v) is 16.1. The van der Waals surface area contributed by atoms with Crippen LogP contribution < -0.4 is 9.47 Å². The molecule has 3 aromatic carbocycles. The van der Waals surface area contributed by atoms with Gasteiger partial charge in [-0.3, -0.25) is 25.0 Å². The number of carbonyl (C=O) groups is 1. The van der Waals surface area contributed by atoms with E-state index in [0.29, 0.717) is 48.5 Å². The number of non-ortho nitro benzene ring substituents is 2. The Morgan fingerprint density at radius 2 is 1.68 bits per heavy atom. The first-order valence-corrected chi connectivity index (χ1v) is 22.1. The number of aliphatic hydroxyl groups is 3. The Morgan fingerprint density at radius 3 is 2.37 bits per heavy atom. The van der Waals surface area contributed by atoms with Crippen LogP contribution in [0, 0.1) is 38.0 Å². The maximum Gasteiger partial charge on any atom is 0.273 e. The lowest BCUT2D eigenvalue weighted by Gasteiger charge is -2.60. The summed E-state index contributed by atoms with van der Waals surface area (Å²) in [6.07, 6.45) is 11.0. The number of benzene rings is 3. The van der Waals surface area contributed by atoms with Crippen LogP contribution in [0.15, 0.2) is 102 Å². The zero-order valence-corrected chi connectivity index (χ0v) is 36.6. The van der Waals surface area contributed by atoms with Crippen LogP contribution >= 0.6 is 0 Å². The summed E-state index contributed by atoms with van der Waals surface area (Å²) in [6, 6.07) is 16.3. The van der Waals surface area contributed by atoms with E-state index in [4.69, 9.17) is 28.9 Å². The van der Waals surface area contributed by atoms with E-state index < -0.39 is 33.5 Å². The number of aliphatic hydroxyl groups excluding tert-OH is 3. The lowest BCUT2D eigenvalue weighted by atomic mass is 9.55. The third-order valence-corrected chi connectivity index (χ3v) is 12.1. The van der Waals surface area contributed by atoms with Gasteiger partial charge in [-0.1, -0.05) is 36.2 Å². The Balaban J connectivity index is 1.56. The highest BCUT2D eigenvalue weighted by Crippen LogP contribution is 2.62. The molecule has 6 atom stereocenters. The van der Waals surface area contributed by atoms with Gasteiger partial charge in [0.2, 0.25) is 11.7 Å². The molecule has 348 valence electrons. The molecule has 0 aromatic heterocycles. The highest BCUT2D eigenvalue weighted by Gasteiger charge is 2.65. The molecule has 1 heterocycles. The van der Waals surface area contributed by atoms with Crippen molar-refractivity contribution < 1.29 is 53.7 Å². The SMILES string of the molecule is C=CCO[C@@]12Oc3ccc(Oc4cccc([N+](=O)[O-])c4)cc3[C@H]3[C@H](CCCCO)[C@@H](CCCCO)C=C(C(=NOCC)C[C@@H]1N(CCOCCO)C(=O)C=Cc1ccc([N+](=O)[O-])cc1)[C@H]32. The van der Waals surface area contributed by atoms with Gasteiger partial charge in [0.25, 0.3) is 11.4 Å². The average Bonchev–Trinajstić information content (AvgIpc) is 3.31. The van der Waals surface area contributed by atoms with Gasteiger partial charge in [-0.05, 0) is 98.1 Å². The van der Waals surface area contributed by atoms with Crippen molar-refractivity contribution in [3.05, 3.63) is 128 Å². The minimum absolute atomic E-state index is 0.0143. The fourth-order valence-electron chi connectivity index (χ4n) is 9.37. The number of nitrogens with zero attached hydrogens (tertiary/aromatic N) is 4. The molecular formula is C48H58N4O13. The summed E-state index contributed by atoms with van der Waals surface area (Å²) in [5, 5.41) is 57.1. The van der Waals surface area contributed by atoms with E-state index >= 15 is 0 Å². The molecule has 0 radical (unpaired) electrons. The number of unbranched alkanes of at least 4 members (excludes halogenated alkanes) is 2. The normalized spacial score (nSPS) is 22.6. The van der Waals surface area contributed by atoms with Crippen molar-refractivity contribution in [2.75, 3.05) is 52.8 Å². The monoisotopic (exact) mass is 898 g/mol. The van der Waals surface area contributed by atoms with Crippen LogP contribution in [0.25, 0.3) is 6.08 Å². The first-order valence-electron chi connectivity index (χ1n) is 22.1. The number of nitro benzene ring substituents is 2. The van der Waals surface area contributed by atoms with E-state index in [0.717, 1.165) is 24.0 Å². The maximum atomic E-state index is 14.8. The van der Waals surface area contributed by atoms with Gasteiger partial charge < -0.3 is 44.0 Å². The highest BCUT2D eigenvalue weighted by atomic mass is 16.7. The smallest absolute Gasteiger partial charge is 0.273 e. The van der Waals surface area contributed by atoms with Crippen molar-refractivity contribution in [1.29, 1.82) is 0 Å². The lowest BCUT2D eigenvalue weighted by Crippen LogP contribution is -2.70. The lowest BCUT2D eigenvalue weighted by molar-refractivity contribution is -0.385. The number of hydrogen-bond donors (Lipinski definition) is 3. The number of carbonyl (C=O) groups excluding carboxylic acids is 1. The van der Waals surface area contributed by atoms with Crippen LogP contribution in [0.3, 0.4) is 0 Å². The van der Waals surface area contributed by atoms with Crippen molar-refractivity contribution in [1.82, 2.24) is 4.90 Å². The van der Waals surface area contributed by atoms with E-state index in [1.807, 2.05) is 13.0 Å². The molecule has 17 heteroatoms. The van der Waals surface area contributed by atoms with Gasteiger partial charge in [0.05, 0.1) is 54.0 Å². The number of fused-ring (bicyclic) bond motifs is 2.